The van der Waals surface area contributed by atoms with Crippen LogP contribution in [-0.2, 0) is 6.42 Å². The molecular formula is C14H17N3. The molecule has 2 bridgehead atoms. The van der Waals surface area contributed by atoms with Crippen molar-refractivity contribution in [3.63, 3.8) is 0 Å². The van der Waals surface area contributed by atoms with Gasteiger partial charge in [0, 0.05) is 18.0 Å². The number of fused-ring (bicyclic) bond motifs is 3. The molecule has 88 valence electrons. The Bertz CT molecular complexity index is 549. The van der Waals surface area contributed by atoms with Gasteiger partial charge in [0.1, 0.15) is 0 Å². The molecule has 2 N–H and O–H groups in total. The highest BCUT2D eigenvalue weighted by Crippen LogP contribution is 2.45. The normalized spacial score (nSPS) is 31.4. The van der Waals surface area contributed by atoms with Gasteiger partial charge in [0.05, 0.1) is 11.7 Å². The Morgan fingerprint density at radius 2 is 2.41 bits per heavy atom. The highest BCUT2D eigenvalue weighted by Gasteiger charge is 2.44. The second kappa shape index (κ2) is 3.33. The number of H-pyrrole nitrogens is 1. The largest absolute Gasteiger partial charge is 0.313 e. The highest BCUT2D eigenvalue weighted by atomic mass is 15.1. The van der Waals surface area contributed by atoms with Crippen molar-refractivity contribution in [2.45, 2.75) is 31.7 Å². The molecule has 2 unspecified atom stereocenters. The molecule has 1 aromatic carbocycles. The molecule has 1 saturated carbocycles. The molecule has 1 saturated heterocycles. The highest BCUT2D eigenvalue weighted by molar-refractivity contribution is 5.78. The molecule has 2 atom stereocenters. The number of hydrogen-bond acceptors (Lipinski definition) is 2. The molecule has 0 amide bonds. The molecule has 1 aliphatic heterocycles. The number of piperidine rings is 1. The zero-order chi connectivity index (χ0) is 11.3. The Morgan fingerprint density at radius 1 is 1.41 bits per heavy atom. The minimum atomic E-state index is 0.544. The molecule has 2 heterocycles. The Kier molecular flexibility index (Phi) is 1.89. The van der Waals surface area contributed by atoms with E-state index in [1.807, 2.05) is 6.20 Å². The van der Waals surface area contributed by atoms with Crippen molar-refractivity contribution in [2.75, 3.05) is 6.54 Å². The number of rotatable bonds is 2. The Balaban J connectivity index is 1.66. The third kappa shape index (κ3) is 1.49. The van der Waals surface area contributed by atoms with Crippen LogP contribution in [0.3, 0.4) is 0 Å². The summed E-state index contributed by atoms with van der Waals surface area (Å²) in [6.45, 7) is 1.21. The van der Waals surface area contributed by atoms with E-state index in [1.165, 1.54) is 43.2 Å². The van der Waals surface area contributed by atoms with Crippen LogP contribution in [0.25, 0.3) is 10.9 Å². The van der Waals surface area contributed by atoms with Crippen molar-refractivity contribution in [2.24, 2.45) is 5.41 Å². The third-order valence-electron chi connectivity index (χ3n) is 4.55. The summed E-state index contributed by atoms with van der Waals surface area (Å²) >= 11 is 0. The van der Waals surface area contributed by atoms with Gasteiger partial charge in [-0.05, 0) is 48.8 Å². The van der Waals surface area contributed by atoms with E-state index in [1.54, 1.807) is 0 Å². The lowest BCUT2D eigenvalue weighted by atomic mass is 9.81. The summed E-state index contributed by atoms with van der Waals surface area (Å²) in [6.07, 6.45) is 7.27. The maximum Gasteiger partial charge on any atom is 0.0650 e. The number of nitrogens with zero attached hydrogens (tertiary/aromatic N) is 1. The maximum absolute atomic E-state index is 4.08. The number of nitrogens with one attached hydrogen (secondary N) is 2. The van der Waals surface area contributed by atoms with Gasteiger partial charge in [-0.25, -0.2) is 0 Å². The van der Waals surface area contributed by atoms with Crippen LogP contribution in [0.1, 0.15) is 24.8 Å². The molecule has 2 aromatic rings. The fourth-order valence-electron chi connectivity index (χ4n) is 3.66. The van der Waals surface area contributed by atoms with Crippen LogP contribution in [-0.4, -0.2) is 22.8 Å². The Morgan fingerprint density at radius 3 is 3.18 bits per heavy atom. The van der Waals surface area contributed by atoms with Crippen molar-refractivity contribution < 1.29 is 0 Å². The molecule has 3 nitrogen and oxygen atoms in total. The number of benzene rings is 1. The van der Waals surface area contributed by atoms with Crippen molar-refractivity contribution in [1.82, 2.24) is 15.5 Å². The Hall–Kier alpha value is -1.35. The predicted molar refractivity (Wildman–Crippen MR) is 67.9 cm³/mol. The summed E-state index contributed by atoms with van der Waals surface area (Å²) in [5, 5.41) is 12.0. The molecule has 2 fully saturated rings. The van der Waals surface area contributed by atoms with E-state index < -0.39 is 0 Å². The second-order valence-corrected chi connectivity index (χ2v) is 5.79. The summed E-state index contributed by atoms with van der Waals surface area (Å²) in [6, 6.07) is 7.50. The van der Waals surface area contributed by atoms with E-state index >= 15 is 0 Å². The number of hydrogen-bond donors (Lipinski definition) is 2. The van der Waals surface area contributed by atoms with Crippen molar-refractivity contribution in [3.05, 3.63) is 30.0 Å². The fraction of sp³-hybridized carbons (Fsp3) is 0.500. The molecule has 17 heavy (non-hydrogen) atoms. The summed E-state index contributed by atoms with van der Waals surface area (Å²) < 4.78 is 0. The van der Waals surface area contributed by atoms with E-state index in [9.17, 15) is 0 Å². The monoisotopic (exact) mass is 227 g/mol. The first-order chi connectivity index (χ1) is 8.33. The van der Waals surface area contributed by atoms with E-state index in [0.717, 1.165) is 11.6 Å². The van der Waals surface area contributed by atoms with Gasteiger partial charge in [0.25, 0.3) is 0 Å². The SMILES string of the molecule is c1cc2[nH]ncc2cc1CC12CCC(C1)NC2. The van der Waals surface area contributed by atoms with Gasteiger partial charge in [0.2, 0.25) is 0 Å². The molecule has 1 aromatic heterocycles. The summed E-state index contributed by atoms with van der Waals surface area (Å²) in [7, 11) is 0. The van der Waals surface area contributed by atoms with Crippen LogP contribution in [0.15, 0.2) is 24.4 Å². The first-order valence-electron chi connectivity index (χ1n) is 6.49. The second-order valence-electron chi connectivity index (χ2n) is 5.79. The standard InChI is InChI=1S/C14H17N3/c1-2-13-11(8-16-17-13)5-10(1)6-14-4-3-12(7-14)15-9-14/h1-2,5,8,12,15H,3-4,6-7,9H2,(H,16,17). The van der Waals surface area contributed by atoms with Gasteiger partial charge in [0.15, 0.2) is 0 Å². The lowest BCUT2D eigenvalue weighted by Crippen LogP contribution is -2.31. The summed E-state index contributed by atoms with van der Waals surface area (Å²) in [5.74, 6) is 0. The smallest absolute Gasteiger partial charge is 0.0650 e. The van der Waals surface area contributed by atoms with Crippen molar-refractivity contribution in [1.29, 1.82) is 0 Å². The predicted octanol–water partition coefficient (Wildman–Crippen LogP) is 2.25. The average Bonchev–Trinajstić information content (AvgIpc) is 3.01. The first-order valence-corrected chi connectivity index (χ1v) is 6.49. The van der Waals surface area contributed by atoms with Crippen LogP contribution >= 0.6 is 0 Å². The van der Waals surface area contributed by atoms with Gasteiger partial charge < -0.3 is 5.32 Å². The van der Waals surface area contributed by atoms with Gasteiger partial charge in [-0.15, -0.1) is 0 Å². The number of aromatic amines is 1. The van der Waals surface area contributed by atoms with Crippen LogP contribution in [0.4, 0.5) is 0 Å². The minimum absolute atomic E-state index is 0.544. The molecular weight excluding hydrogens is 210 g/mol. The van der Waals surface area contributed by atoms with Crippen LogP contribution in [0.5, 0.6) is 0 Å². The summed E-state index contributed by atoms with van der Waals surface area (Å²) in [5.41, 5.74) is 3.14. The zero-order valence-electron chi connectivity index (χ0n) is 9.87. The molecule has 1 aliphatic carbocycles. The molecule has 2 aliphatic rings. The lowest BCUT2D eigenvalue weighted by Gasteiger charge is -2.26. The van der Waals surface area contributed by atoms with E-state index in [2.05, 4.69) is 33.7 Å². The van der Waals surface area contributed by atoms with E-state index in [-0.39, 0.29) is 0 Å². The maximum atomic E-state index is 4.08. The first kappa shape index (κ1) is 9.66. The topological polar surface area (TPSA) is 40.7 Å². The van der Waals surface area contributed by atoms with E-state index in [0.29, 0.717) is 5.41 Å². The zero-order valence-corrected chi connectivity index (χ0v) is 9.87. The quantitative estimate of drug-likeness (QED) is 0.826. The molecule has 4 rings (SSSR count). The van der Waals surface area contributed by atoms with Gasteiger partial charge >= 0.3 is 0 Å². The third-order valence-corrected chi connectivity index (χ3v) is 4.55. The van der Waals surface area contributed by atoms with Crippen molar-refractivity contribution in [3.8, 4) is 0 Å². The summed E-state index contributed by atoms with van der Waals surface area (Å²) in [4.78, 5) is 0. The van der Waals surface area contributed by atoms with Crippen LogP contribution in [0.2, 0.25) is 0 Å². The van der Waals surface area contributed by atoms with Gasteiger partial charge in [-0.2, -0.15) is 5.10 Å². The minimum Gasteiger partial charge on any atom is -0.313 e. The van der Waals surface area contributed by atoms with Crippen molar-refractivity contribution >= 4 is 10.9 Å². The fourth-order valence-corrected chi connectivity index (χ4v) is 3.66. The van der Waals surface area contributed by atoms with Crippen LogP contribution in [0, 0.1) is 5.41 Å². The lowest BCUT2D eigenvalue weighted by molar-refractivity contribution is 0.313. The molecule has 3 heteroatoms. The van der Waals surface area contributed by atoms with E-state index in [4.69, 9.17) is 0 Å². The Labute approximate surface area is 101 Å². The molecule has 0 spiro atoms. The average molecular weight is 227 g/mol. The van der Waals surface area contributed by atoms with Crippen LogP contribution < -0.4 is 5.32 Å². The van der Waals surface area contributed by atoms with Gasteiger partial charge in [-0.3, -0.25) is 5.10 Å². The van der Waals surface area contributed by atoms with Gasteiger partial charge in [-0.1, -0.05) is 6.07 Å². The molecule has 0 radical (unpaired) electrons. The number of aromatic nitrogens is 2.